The highest BCUT2D eigenvalue weighted by Crippen LogP contribution is 2.07. The number of ether oxygens (including phenoxy) is 1. The average Bonchev–Trinajstić information content (AvgIpc) is 2.27. The largest absolute Gasteiger partial charge is 0.444 e. The number of benzene rings is 1. The normalized spacial score (nSPS) is 10.6. The van der Waals surface area contributed by atoms with Crippen molar-refractivity contribution in [2.75, 3.05) is 6.54 Å². The maximum Gasteiger partial charge on any atom is 0.407 e. The number of nitrogens with zero attached hydrogens (tertiary/aromatic N) is 1. The quantitative estimate of drug-likeness (QED) is 0.891. The first-order valence-corrected chi connectivity index (χ1v) is 5.86. The number of carbonyl (C=O) groups excluding carboxylic acids is 1. The molecule has 4 nitrogen and oxygen atoms in total. The predicted octanol–water partition coefficient (Wildman–Crippen LogP) is 2.63. The van der Waals surface area contributed by atoms with Gasteiger partial charge in [-0.15, -0.1) is 0 Å². The molecule has 1 aromatic carbocycles. The number of hydrogen-bond acceptors (Lipinski definition) is 3. The van der Waals surface area contributed by atoms with Crippen molar-refractivity contribution in [2.45, 2.75) is 32.8 Å². The van der Waals surface area contributed by atoms with Crippen molar-refractivity contribution < 1.29 is 9.53 Å². The van der Waals surface area contributed by atoms with Crippen molar-refractivity contribution in [3.8, 4) is 6.07 Å². The lowest BCUT2D eigenvalue weighted by molar-refractivity contribution is 0.0528. The molecule has 1 aromatic rings. The topological polar surface area (TPSA) is 62.1 Å². The monoisotopic (exact) mass is 246 g/mol. The summed E-state index contributed by atoms with van der Waals surface area (Å²) in [6.45, 7) is 5.96. The summed E-state index contributed by atoms with van der Waals surface area (Å²) < 4.78 is 5.12. The van der Waals surface area contributed by atoms with Crippen molar-refractivity contribution in [3.63, 3.8) is 0 Å². The Kier molecular flexibility index (Phi) is 4.73. The number of rotatable bonds is 3. The smallest absolute Gasteiger partial charge is 0.407 e. The lowest BCUT2D eigenvalue weighted by atomic mass is 10.1. The van der Waals surface area contributed by atoms with E-state index < -0.39 is 11.7 Å². The highest BCUT2D eigenvalue weighted by molar-refractivity contribution is 5.67. The number of amides is 1. The Hall–Kier alpha value is -2.02. The summed E-state index contributed by atoms with van der Waals surface area (Å²) in [6.07, 6.45) is 0.258. The van der Waals surface area contributed by atoms with E-state index in [-0.39, 0.29) is 0 Å². The molecule has 0 radical (unpaired) electrons. The second-order valence-corrected chi connectivity index (χ2v) is 4.99. The summed E-state index contributed by atoms with van der Waals surface area (Å²) in [5.41, 5.74) is 1.17. The Morgan fingerprint density at radius 1 is 1.44 bits per heavy atom. The zero-order valence-electron chi connectivity index (χ0n) is 11.0. The van der Waals surface area contributed by atoms with Crippen molar-refractivity contribution in [1.82, 2.24) is 5.32 Å². The molecular weight excluding hydrogens is 228 g/mol. The molecule has 0 saturated heterocycles. The average molecular weight is 246 g/mol. The molecule has 96 valence electrons. The van der Waals surface area contributed by atoms with E-state index in [2.05, 4.69) is 11.4 Å². The lowest BCUT2D eigenvalue weighted by Crippen LogP contribution is -2.33. The fourth-order valence-corrected chi connectivity index (χ4v) is 1.42. The van der Waals surface area contributed by atoms with E-state index in [1.54, 1.807) is 6.07 Å². The molecule has 0 aromatic heterocycles. The summed E-state index contributed by atoms with van der Waals surface area (Å²) in [7, 11) is 0. The Bertz CT molecular complexity index is 456. The van der Waals surface area contributed by atoms with Crippen LogP contribution in [-0.4, -0.2) is 18.2 Å². The molecule has 0 bridgehead atoms. The molecule has 1 amide bonds. The molecule has 4 heteroatoms. The summed E-state index contributed by atoms with van der Waals surface area (Å²) in [5.74, 6) is 0. The number of nitrogens with one attached hydrogen (secondary N) is 1. The zero-order valence-corrected chi connectivity index (χ0v) is 11.0. The molecule has 1 N–H and O–H groups in total. The van der Waals surface area contributed by atoms with Gasteiger partial charge in [0, 0.05) is 6.54 Å². The van der Waals surface area contributed by atoms with Gasteiger partial charge in [-0.1, -0.05) is 12.1 Å². The summed E-state index contributed by atoms with van der Waals surface area (Å²) in [4.78, 5) is 11.4. The van der Waals surface area contributed by atoms with Gasteiger partial charge in [0.05, 0.1) is 11.6 Å². The Labute approximate surface area is 108 Å². The van der Waals surface area contributed by atoms with Crippen LogP contribution in [0.5, 0.6) is 0 Å². The third-order valence-electron chi connectivity index (χ3n) is 2.14. The lowest BCUT2D eigenvalue weighted by Gasteiger charge is -2.19. The predicted molar refractivity (Wildman–Crippen MR) is 69.1 cm³/mol. The van der Waals surface area contributed by atoms with Crippen molar-refractivity contribution in [1.29, 1.82) is 5.26 Å². The van der Waals surface area contributed by atoms with Crippen LogP contribution in [0.15, 0.2) is 24.3 Å². The van der Waals surface area contributed by atoms with E-state index in [9.17, 15) is 4.79 Å². The van der Waals surface area contributed by atoms with E-state index in [1.165, 1.54) is 0 Å². The molecule has 0 spiro atoms. The highest BCUT2D eigenvalue weighted by atomic mass is 16.6. The minimum absolute atomic E-state index is 0.418. The van der Waals surface area contributed by atoms with Gasteiger partial charge in [0.15, 0.2) is 0 Å². The van der Waals surface area contributed by atoms with Crippen molar-refractivity contribution in [3.05, 3.63) is 35.4 Å². The van der Waals surface area contributed by atoms with Crippen molar-refractivity contribution >= 4 is 6.09 Å². The molecule has 1 rings (SSSR count). The van der Waals surface area contributed by atoms with Gasteiger partial charge in [0.25, 0.3) is 0 Å². The Morgan fingerprint density at radius 2 is 2.17 bits per heavy atom. The Morgan fingerprint density at radius 3 is 2.78 bits per heavy atom. The maximum absolute atomic E-state index is 11.4. The molecule has 0 aliphatic rings. The molecule has 0 unspecified atom stereocenters. The van der Waals surface area contributed by atoms with Crippen LogP contribution in [0.2, 0.25) is 0 Å². The van der Waals surface area contributed by atoms with E-state index in [1.807, 2.05) is 39.0 Å². The fraction of sp³-hybridized carbons (Fsp3) is 0.429. The van der Waals surface area contributed by atoms with Crippen LogP contribution in [0.25, 0.3) is 0 Å². The van der Waals surface area contributed by atoms with Crippen LogP contribution in [0.1, 0.15) is 31.9 Å². The van der Waals surface area contributed by atoms with Crippen LogP contribution in [-0.2, 0) is 11.2 Å². The molecule has 18 heavy (non-hydrogen) atoms. The van der Waals surface area contributed by atoms with Crippen LogP contribution in [0.3, 0.4) is 0 Å². The number of alkyl carbamates (subject to hydrolysis) is 1. The third kappa shape index (κ3) is 5.35. The Balaban J connectivity index is 2.38. The van der Waals surface area contributed by atoms with Gasteiger partial charge < -0.3 is 10.1 Å². The fourth-order valence-electron chi connectivity index (χ4n) is 1.42. The SMILES string of the molecule is CC(C)(C)OC(=O)NCCc1cccc(C#N)c1. The molecule has 0 fully saturated rings. The minimum atomic E-state index is -0.481. The molecule has 0 heterocycles. The first kappa shape index (κ1) is 14.0. The van der Waals surface area contributed by atoms with E-state index in [0.717, 1.165) is 5.56 Å². The highest BCUT2D eigenvalue weighted by Gasteiger charge is 2.15. The van der Waals surface area contributed by atoms with Crippen LogP contribution >= 0.6 is 0 Å². The molecular formula is C14H18N2O2. The standard InChI is InChI=1S/C14H18N2O2/c1-14(2,3)18-13(17)16-8-7-11-5-4-6-12(9-11)10-15/h4-6,9H,7-8H2,1-3H3,(H,16,17). The number of hydrogen-bond donors (Lipinski definition) is 1. The number of nitriles is 1. The molecule has 0 aliphatic carbocycles. The zero-order chi connectivity index (χ0) is 13.6. The van der Waals surface area contributed by atoms with Gasteiger partial charge in [-0.3, -0.25) is 0 Å². The van der Waals surface area contributed by atoms with E-state index >= 15 is 0 Å². The maximum atomic E-state index is 11.4. The van der Waals surface area contributed by atoms with Crippen LogP contribution in [0.4, 0.5) is 4.79 Å². The summed E-state index contributed by atoms with van der Waals surface area (Å²) >= 11 is 0. The van der Waals surface area contributed by atoms with Gasteiger partial charge in [-0.2, -0.15) is 5.26 Å². The first-order valence-electron chi connectivity index (χ1n) is 5.86. The van der Waals surface area contributed by atoms with Crippen LogP contribution < -0.4 is 5.32 Å². The van der Waals surface area contributed by atoms with Crippen LogP contribution in [0, 0.1) is 11.3 Å². The van der Waals surface area contributed by atoms with Gasteiger partial charge in [0.1, 0.15) is 5.60 Å². The summed E-state index contributed by atoms with van der Waals surface area (Å²) in [5, 5.41) is 11.4. The first-order chi connectivity index (χ1) is 8.40. The molecule has 0 aliphatic heterocycles. The molecule has 0 saturated carbocycles. The second kappa shape index (κ2) is 6.06. The van der Waals surface area contributed by atoms with E-state index in [4.69, 9.17) is 10.00 Å². The van der Waals surface area contributed by atoms with Gasteiger partial charge in [-0.25, -0.2) is 4.79 Å². The van der Waals surface area contributed by atoms with Gasteiger partial charge in [-0.05, 0) is 44.9 Å². The third-order valence-corrected chi connectivity index (χ3v) is 2.14. The van der Waals surface area contributed by atoms with Gasteiger partial charge in [0.2, 0.25) is 0 Å². The van der Waals surface area contributed by atoms with Gasteiger partial charge >= 0.3 is 6.09 Å². The van der Waals surface area contributed by atoms with Crippen molar-refractivity contribution in [2.24, 2.45) is 0 Å². The minimum Gasteiger partial charge on any atom is -0.444 e. The summed E-state index contributed by atoms with van der Waals surface area (Å²) in [6, 6.07) is 9.42. The number of carbonyl (C=O) groups is 1. The molecule has 0 atom stereocenters. The second-order valence-electron chi connectivity index (χ2n) is 4.99. The van der Waals surface area contributed by atoms with E-state index in [0.29, 0.717) is 18.5 Å².